The van der Waals surface area contributed by atoms with Crippen LogP contribution < -0.4 is 0 Å². The van der Waals surface area contributed by atoms with Crippen LogP contribution in [-0.4, -0.2) is 52.2 Å². The Morgan fingerprint density at radius 2 is 1.83 bits per heavy atom. The number of ether oxygens (including phenoxy) is 1. The average molecular weight is 422 g/mol. The van der Waals surface area contributed by atoms with E-state index in [9.17, 15) is 4.79 Å². The van der Waals surface area contributed by atoms with E-state index < -0.39 is 0 Å². The number of aryl methyl sites for hydroxylation is 1. The molecular formula is C24H27N3O2S. The van der Waals surface area contributed by atoms with E-state index >= 15 is 0 Å². The molecule has 0 amide bonds. The number of ketones is 1. The van der Waals surface area contributed by atoms with Gasteiger partial charge in [0.15, 0.2) is 5.78 Å². The topological polar surface area (TPSA) is 55.3 Å². The van der Waals surface area contributed by atoms with Gasteiger partial charge in [0.25, 0.3) is 0 Å². The molecular weight excluding hydrogens is 394 g/mol. The molecule has 0 unspecified atom stereocenters. The van der Waals surface area contributed by atoms with E-state index in [0.29, 0.717) is 6.54 Å². The van der Waals surface area contributed by atoms with Crippen LogP contribution in [0.2, 0.25) is 0 Å². The standard InChI is InChI=1S/C24H27N3O2S/c1-3-18-8-10-19(11-9-18)23(28)17(2)30-24-20-6-4-5-7-21(20)25-22(26-24)16-27-12-14-29-15-13-27/h4-11,17H,3,12-16H2,1-2H3/t17-/m1/s1. The minimum Gasteiger partial charge on any atom is -0.379 e. The Kier molecular flexibility index (Phi) is 6.77. The third-order valence-electron chi connectivity index (χ3n) is 5.39. The lowest BCUT2D eigenvalue weighted by molar-refractivity contribution is 0.0330. The molecule has 5 nitrogen and oxygen atoms in total. The fraction of sp³-hybridized carbons (Fsp3) is 0.375. The molecule has 6 heteroatoms. The molecule has 0 radical (unpaired) electrons. The number of morpholine rings is 1. The largest absolute Gasteiger partial charge is 0.379 e. The first kappa shape index (κ1) is 21.0. The fourth-order valence-electron chi connectivity index (χ4n) is 3.57. The van der Waals surface area contributed by atoms with Gasteiger partial charge in [-0.05, 0) is 25.0 Å². The van der Waals surface area contributed by atoms with Crippen molar-refractivity contribution in [2.75, 3.05) is 26.3 Å². The van der Waals surface area contributed by atoms with Crippen LogP contribution in [0, 0.1) is 0 Å². The minimum atomic E-state index is -0.230. The van der Waals surface area contributed by atoms with Gasteiger partial charge in [-0.1, -0.05) is 61.2 Å². The van der Waals surface area contributed by atoms with Gasteiger partial charge in [-0.3, -0.25) is 9.69 Å². The number of carbonyl (C=O) groups excluding carboxylic acids is 1. The predicted octanol–water partition coefficient (Wildman–Crippen LogP) is 4.39. The third kappa shape index (κ3) is 4.89. The molecule has 1 aromatic heterocycles. The van der Waals surface area contributed by atoms with Crippen molar-refractivity contribution in [1.82, 2.24) is 14.9 Å². The second-order valence-electron chi connectivity index (χ2n) is 7.53. The van der Waals surface area contributed by atoms with E-state index in [-0.39, 0.29) is 11.0 Å². The Balaban J connectivity index is 1.57. The van der Waals surface area contributed by atoms with Gasteiger partial charge in [-0.15, -0.1) is 0 Å². The highest BCUT2D eigenvalue weighted by atomic mass is 32.2. The maximum Gasteiger partial charge on any atom is 0.175 e. The lowest BCUT2D eigenvalue weighted by Crippen LogP contribution is -2.36. The maximum absolute atomic E-state index is 13.0. The molecule has 0 N–H and O–H groups in total. The van der Waals surface area contributed by atoms with Crippen LogP contribution in [0.4, 0.5) is 0 Å². The van der Waals surface area contributed by atoms with E-state index in [1.165, 1.54) is 17.3 Å². The smallest absolute Gasteiger partial charge is 0.175 e. The second kappa shape index (κ2) is 9.69. The number of nitrogens with zero attached hydrogens (tertiary/aromatic N) is 3. The average Bonchev–Trinajstić information content (AvgIpc) is 2.79. The molecule has 1 aliphatic heterocycles. The Hall–Kier alpha value is -2.28. The summed E-state index contributed by atoms with van der Waals surface area (Å²) in [6.45, 7) is 8.05. The maximum atomic E-state index is 13.0. The summed E-state index contributed by atoms with van der Waals surface area (Å²) >= 11 is 1.52. The molecule has 0 bridgehead atoms. The molecule has 156 valence electrons. The molecule has 0 spiro atoms. The van der Waals surface area contributed by atoms with Gasteiger partial charge in [-0.25, -0.2) is 9.97 Å². The highest BCUT2D eigenvalue weighted by molar-refractivity contribution is 8.00. The number of hydrogen-bond donors (Lipinski definition) is 0. The Morgan fingerprint density at radius 1 is 1.10 bits per heavy atom. The van der Waals surface area contributed by atoms with Gasteiger partial charge in [0.05, 0.1) is 30.5 Å². The molecule has 2 heterocycles. The van der Waals surface area contributed by atoms with Crippen LogP contribution in [0.25, 0.3) is 10.9 Å². The summed E-state index contributed by atoms with van der Waals surface area (Å²) < 4.78 is 5.44. The van der Waals surface area contributed by atoms with Crippen LogP contribution >= 0.6 is 11.8 Å². The molecule has 1 saturated heterocycles. The van der Waals surface area contributed by atoms with Crippen LogP contribution in [0.3, 0.4) is 0 Å². The quantitative estimate of drug-likeness (QED) is 0.320. The summed E-state index contributed by atoms with van der Waals surface area (Å²) in [5.41, 5.74) is 2.91. The number of hydrogen-bond acceptors (Lipinski definition) is 6. The van der Waals surface area contributed by atoms with Gasteiger partial charge in [0, 0.05) is 24.0 Å². The number of benzene rings is 2. The van der Waals surface area contributed by atoms with Crippen LogP contribution in [0.5, 0.6) is 0 Å². The predicted molar refractivity (Wildman–Crippen MR) is 121 cm³/mol. The van der Waals surface area contributed by atoms with Crippen molar-refractivity contribution >= 4 is 28.4 Å². The Morgan fingerprint density at radius 3 is 2.57 bits per heavy atom. The van der Waals surface area contributed by atoms with Crippen molar-refractivity contribution in [3.8, 4) is 0 Å². The Labute approximate surface area is 181 Å². The SMILES string of the molecule is CCc1ccc(C(=O)[C@@H](C)Sc2nc(CN3CCOCC3)nc3ccccc23)cc1. The van der Waals surface area contributed by atoms with Crippen molar-refractivity contribution in [2.24, 2.45) is 0 Å². The van der Waals surface area contributed by atoms with Gasteiger partial charge in [0.2, 0.25) is 0 Å². The summed E-state index contributed by atoms with van der Waals surface area (Å²) in [4.78, 5) is 24.9. The number of aromatic nitrogens is 2. The first-order valence-electron chi connectivity index (χ1n) is 10.5. The highest BCUT2D eigenvalue weighted by Crippen LogP contribution is 2.30. The molecule has 0 saturated carbocycles. The molecule has 2 aromatic carbocycles. The minimum absolute atomic E-state index is 0.125. The zero-order valence-electron chi connectivity index (χ0n) is 17.5. The van der Waals surface area contributed by atoms with Gasteiger partial charge in [0.1, 0.15) is 10.9 Å². The number of carbonyl (C=O) groups is 1. The van der Waals surface area contributed by atoms with Crippen LogP contribution in [0.15, 0.2) is 53.6 Å². The summed E-state index contributed by atoms with van der Waals surface area (Å²) in [5.74, 6) is 0.921. The number of Topliss-reactive ketones (excluding diaryl/α,β-unsaturated/α-hetero) is 1. The monoisotopic (exact) mass is 421 g/mol. The first-order valence-corrected chi connectivity index (χ1v) is 11.4. The van der Waals surface area contributed by atoms with Crippen molar-refractivity contribution in [2.45, 2.75) is 37.1 Å². The number of thioether (sulfide) groups is 1. The Bertz CT molecular complexity index is 1020. The summed E-state index contributed by atoms with van der Waals surface area (Å²) in [6, 6.07) is 16.0. The summed E-state index contributed by atoms with van der Waals surface area (Å²) in [6.07, 6.45) is 0.970. The number of fused-ring (bicyclic) bond motifs is 1. The van der Waals surface area contributed by atoms with Crippen molar-refractivity contribution < 1.29 is 9.53 Å². The fourth-order valence-corrected chi connectivity index (χ4v) is 4.61. The van der Waals surface area contributed by atoms with E-state index in [0.717, 1.165) is 60.0 Å². The van der Waals surface area contributed by atoms with Gasteiger partial charge < -0.3 is 4.74 Å². The molecule has 3 aromatic rings. The van der Waals surface area contributed by atoms with Gasteiger partial charge in [-0.2, -0.15) is 0 Å². The molecule has 4 rings (SSSR count). The lowest BCUT2D eigenvalue weighted by Gasteiger charge is -2.26. The molecule has 0 aliphatic carbocycles. The first-order chi connectivity index (χ1) is 14.6. The number of para-hydroxylation sites is 1. The molecule has 1 aliphatic rings. The molecule has 1 atom stereocenters. The van der Waals surface area contributed by atoms with E-state index in [2.05, 4.69) is 11.8 Å². The summed E-state index contributed by atoms with van der Waals surface area (Å²) in [7, 11) is 0. The molecule has 30 heavy (non-hydrogen) atoms. The van der Waals surface area contributed by atoms with Crippen molar-refractivity contribution in [1.29, 1.82) is 0 Å². The summed E-state index contributed by atoms with van der Waals surface area (Å²) in [5, 5.41) is 1.64. The molecule has 1 fully saturated rings. The lowest BCUT2D eigenvalue weighted by atomic mass is 10.1. The van der Waals surface area contributed by atoms with Crippen molar-refractivity contribution in [3.05, 3.63) is 65.5 Å². The zero-order valence-corrected chi connectivity index (χ0v) is 18.3. The second-order valence-corrected chi connectivity index (χ2v) is 8.85. The third-order valence-corrected chi connectivity index (χ3v) is 6.49. The van der Waals surface area contributed by atoms with Crippen LogP contribution in [0.1, 0.15) is 35.6 Å². The number of rotatable bonds is 7. The van der Waals surface area contributed by atoms with E-state index in [4.69, 9.17) is 14.7 Å². The normalized spacial score (nSPS) is 15.9. The van der Waals surface area contributed by atoms with Gasteiger partial charge >= 0.3 is 0 Å². The zero-order chi connectivity index (χ0) is 20.9. The van der Waals surface area contributed by atoms with E-state index in [1.807, 2.05) is 55.5 Å². The van der Waals surface area contributed by atoms with Crippen LogP contribution in [-0.2, 0) is 17.7 Å². The van der Waals surface area contributed by atoms with Crippen molar-refractivity contribution in [3.63, 3.8) is 0 Å². The van der Waals surface area contributed by atoms with E-state index in [1.54, 1.807) is 0 Å². The highest BCUT2D eigenvalue weighted by Gasteiger charge is 2.20.